The van der Waals surface area contributed by atoms with E-state index in [4.69, 9.17) is 0 Å². The molecule has 0 saturated heterocycles. The van der Waals surface area contributed by atoms with Crippen molar-refractivity contribution < 1.29 is 13.6 Å². The van der Waals surface area contributed by atoms with E-state index in [1.54, 1.807) is 0 Å². The van der Waals surface area contributed by atoms with Crippen molar-refractivity contribution in [2.45, 2.75) is 19.4 Å². The molecular weight excluding hydrogens is 368 g/mol. The molecule has 0 aliphatic heterocycles. The van der Waals surface area contributed by atoms with E-state index in [0.717, 1.165) is 23.3 Å². The Kier molecular flexibility index (Phi) is 6.90. The highest BCUT2D eigenvalue weighted by Crippen LogP contribution is 2.28. The van der Waals surface area contributed by atoms with Crippen LogP contribution in [0.3, 0.4) is 0 Å². The van der Waals surface area contributed by atoms with Crippen LogP contribution >= 0.6 is 0 Å². The molecule has 3 rings (SSSR count). The minimum Gasteiger partial charge on any atom is -0.351 e. The van der Waals surface area contributed by atoms with Gasteiger partial charge >= 0.3 is 0 Å². The maximum Gasteiger partial charge on any atom is 0.228 e. The molecule has 0 radical (unpaired) electrons. The first kappa shape index (κ1) is 20.5. The maximum atomic E-state index is 13.8. The summed E-state index contributed by atoms with van der Waals surface area (Å²) in [6.45, 7) is 2.27. The van der Waals surface area contributed by atoms with Gasteiger partial charge in [-0.1, -0.05) is 85.8 Å². The Bertz CT molecular complexity index is 971. The predicted molar refractivity (Wildman–Crippen MR) is 112 cm³/mol. The maximum absolute atomic E-state index is 13.8. The fourth-order valence-electron chi connectivity index (χ4n) is 3.23. The lowest BCUT2D eigenvalue weighted by Gasteiger charge is -2.22. The highest BCUT2D eigenvalue weighted by atomic mass is 19.2. The number of carbonyl (C=O) groups excluding carboxylic acids is 1. The molecule has 2 nitrogen and oxygen atoms in total. The highest BCUT2D eigenvalue weighted by molar-refractivity contribution is 5.84. The lowest BCUT2D eigenvalue weighted by molar-refractivity contribution is -0.123. The second-order valence-electron chi connectivity index (χ2n) is 6.98. The van der Waals surface area contributed by atoms with Crippen LogP contribution in [-0.2, 0) is 11.3 Å². The highest BCUT2D eigenvalue weighted by Gasteiger charge is 2.26. The third-order valence-corrected chi connectivity index (χ3v) is 4.81. The third kappa shape index (κ3) is 5.61. The summed E-state index contributed by atoms with van der Waals surface area (Å²) in [5.41, 5.74) is 2.42. The van der Waals surface area contributed by atoms with Gasteiger partial charge in [-0.25, -0.2) is 8.78 Å². The zero-order chi connectivity index (χ0) is 20.6. The smallest absolute Gasteiger partial charge is 0.228 e. The van der Waals surface area contributed by atoms with E-state index in [-0.39, 0.29) is 11.8 Å². The van der Waals surface area contributed by atoms with Crippen molar-refractivity contribution in [3.05, 3.63) is 113 Å². The van der Waals surface area contributed by atoms with Gasteiger partial charge in [0.15, 0.2) is 11.6 Å². The largest absolute Gasteiger partial charge is 0.351 e. The fourth-order valence-corrected chi connectivity index (χ4v) is 3.23. The Labute approximate surface area is 169 Å². The average Bonchev–Trinajstić information content (AvgIpc) is 2.75. The summed E-state index contributed by atoms with van der Waals surface area (Å²) in [7, 11) is 0. The summed E-state index contributed by atoms with van der Waals surface area (Å²) in [6, 6.07) is 22.9. The van der Waals surface area contributed by atoms with Crippen molar-refractivity contribution in [2.24, 2.45) is 5.92 Å². The van der Waals surface area contributed by atoms with Gasteiger partial charge in [-0.2, -0.15) is 0 Å². The van der Waals surface area contributed by atoms with E-state index >= 15 is 0 Å². The number of nitrogens with one attached hydrogen (secondary N) is 1. The van der Waals surface area contributed by atoms with Gasteiger partial charge in [0.1, 0.15) is 0 Å². The van der Waals surface area contributed by atoms with Crippen molar-refractivity contribution in [1.82, 2.24) is 5.32 Å². The lowest BCUT2D eigenvalue weighted by atomic mass is 9.85. The first-order valence-electron chi connectivity index (χ1n) is 9.54. The molecule has 1 amide bonds. The first-order chi connectivity index (χ1) is 14.0. The number of hydrogen-bond acceptors (Lipinski definition) is 1. The molecule has 0 fully saturated rings. The van der Waals surface area contributed by atoms with Gasteiger partial charge in [0.25, 0.3) is 0 Å². The van der Waals surface area contributed by atoms with Gasteiger partial charge in [-0.05, 0) is 34.7 Å². The minimum absolute atomic E-state index is 0.226. The molecule has 2 atom stereocenters. The minimum atomic E-state index is -0.956. The summed E-state index contributed by atoms with van der Waals surface area (Å²) < 4.78 is 27.3. The molecule has 148 valence electrons. The van der Waals surface area contributed by atoms with E-state index in [1.165, 1.54) is 6.07 Å². The third-order valence-electron chi connectivity index (χ3n) is 4.81. The molecule has 0 unspecified atom stereocenters. The van der Waals surface area contributed by atoms with Crippen LogP contribution in [0.15, 0.2) is 84.9 Å². The SMILES string of the molecule is C[C@@H](/C=C/c1ccccc1)[C@H](C(=O)NCc1ccccc1)c1ccc(F)c(F)c1. The van der Waals surface area contributed by atoms with Crippen molar-refractivity contribution >= 4 is 12.0 Å². The van der Waals surface area contributed by atoms with Crippen LogP contribution in [0.5, 0.6) is 0 Å². The van der Waals surface area contributed by atoms with Crippen LogP contribution in [-0.4, -0.2) is 5.91 Å². The molecule has 0 saturated carbocycles. The average molecular weight is 391 g/mol. The van der Waals surface area contributed by atoms with Gasteiger partial charge < -0.3 is 5.32 Å². The number of hydrogen-bond donors (Lipinski definition) is 1. The standard InChI is InChI=1S/C25H23F2NO/c1-18(12-13-19-8-4-2-5-9-19)24(21-14-15-22(26)23(27)16-21)25(29)28-17-20-10-6-3-7-11-20/h2-16,18,24H,17H2,1H3,(H,28,29)/b13-12+/t18-,24-/m0/s1. The fraction of sp³-hybridized carbons (Fsp3) is 0.160. The molecule has 3 aromatic carbocycles. The summed E-state index contributed by atoms with van der Waals surface area (Å²) in [5.74, 6) is -2.98. The number of amides is 1. The monoisotopic (exact) mass is 391 g/mol. The Morgan fingerprint density at radius 1 is 0.931 bits per heavy atom. The summed E-state index contributed by atoms with van der Waals surface area (Å²) in [6.07, 6.45) is 3.85. The van der Waals surface area contributed by atoms with E-state index in [2.05, 4.69) is 5.32 Å². The Morgan fingerprint density at radius 2 is 1.59 bits per heavy atom. The summed E-state index contributed by atoms with van der Waals surface area (Å²) in [4.78, 5) is 13.0. The predicted octanol–water partition coefficient (Wildman–Crippen LogP) is 5.71. The normalized spacial score (nSPS) is 13.2. The zero-order valence-electron chi connectivity index (χ0n) is 16.2. The number of halogens is 2. The molecule has 4 heteroatoms. The molecule has 0 aliphatic rings. The van der Waals surface area contributed by atoms with Crippen molar-refractivity contribution in [2.75, 3.05) is 0 Å². The van der Waals surface area contributed by atoms with E-state index in [1.807, 2.05) is 79.7 Å². The van der Waals surface area contributed by atoms with Crippen LogP contribution in [0.4, 0.5) is 8.78 Å². The molecule has 29 heavy (non-hydrogen) atoms. The van der Waals surface area contributed by atoms with Gasteiger partial charge in [0.05, 0.1) is 5.92 Å². The number of rotatable bonds is 7. The zero-order valence-corrected chi connectivity index (χ0v) is 16.2. The molecule has 0 aromatic heterocycles. The first-order valence-corrected chi connectivity index (χ1v) is 9.54. The molecule has 0 aliphatic carbocycles. The van der Waals surface area contributed by atoms with E-state index in [0.29, 0.717) is 12.1 Å². The number of benzene rings is 3. The van der Waals surface area contributed by atoms with Crippen molar-refractivity contribution in [1.29, 1.82) is 0 Å². The molecule has 0 heterocycles. The Morgan fingerprint density at radius 3 is 2.24 bits per heavy atom. The van der Waals surface area contributed by atoms with Crippen LogP contribution in [0.2, 0.25) is 0 Å². The van der Waals surface area contributed by atoms with Crippen LogP contribution in [0, 0.1) is 17.6 Å². The molecule has 3 aromatic rings. The van der Waals surface area contributed by atoms with Crippen LogP contribution in [0.1, 0.15) is 29.5 Å². The van der Waals surface area contributed by atoms with Crippen LogP contribution in [0.25, 0.3) is 6.08 Å². The summed E-state index contributed by atoms with van der Waals surface area (Å²) in [5, 5.41) is 2.92. The summed E-state index contributed by atoms with van der Waals surface area (Å²) >= 11 is 0. The number of carbonyl (C=O) groups is 1. The van der Waals surface area contributed by atoms with Gasteiger partial charge in [0.2, 0.25) is 5.91 Å². The van der Waals surface area contributed by atoms with Gasteiger partial charge in [0, 0.05) is 6.54 Å². The second kappa shape index (κ2) is 9.78. The lowest BCUT2D eigenvalue weighted by Crippen LogP contribution is -2.32. The van der Waals surface area contributed by atoms with Crippen LogP contribution < -0.4 is 5.32 Å². The topological polar surface area (TPSA) is 29.1 Å². The Balaban J connectivity index is 1.83. The second-order valence-corrected chi connectivity index (χ2v) is 6.98. The van der Waals surface area contributed by atoms with Gasteiger partial charge in [-0.3, -0.25) is 4.79 Å². The quantitative estimate of drug-likeness (QED) is 0.549. The molecule has 1 N–H and O–H groups in total. The number of allylic oxidation sites excluding steroid dienone is 1. The van der Waals surface area contributed by atoms with E-state index < -0.39 is 17.6 Å². The Hall–Kier alpha value is -3.27. The molecular formula is C25H23F2NO. The molecule has 0 bridgehead atoms. The van der Waals surface area contributed by atoms with Crippen molar-refractivity contribution in [3.63, 3.8) is 0 Å². The van der Waals surface area contributed by atoms with Crippen molar-refractivity contribution in [3.8, 4) is 0 Å². The van der Waals surface area contributed by atoms with Gasteiger partial charge in [-0.15, -0.1) is 0 Å². The van der Waals surface area contributed by atoms with E-state index in [9.17, 15) is 13.6 Å². The molecule has 0 spiro atoms.